The monoisotopic (exact) mass is 387 g/mol. The van der Waals surface area contributed by atoms with Gasteiger partial charge < -0.3 is 9.15 Å². The maximum Gasteiger partial charge on any atom is 0.339 e. The highest BCUT2D eigenvalue weighted by Crippen LogP contribution is 2.32. The zero-order chi connectivity index (χ0) is 18.1. The lowest BCUT2D eigenvalue weighted by Gasteiger charge is -2.04. The lowest BCUT2D eigenvalue weighted by Crippen LogP contribution is -1.99. The smallest absolute Gasteiger partial charge is 0.339 e. The lowest BCUT2D eigenvalue weighted by atomic mass is 10.1. The summed E-state index contributed by atoms with van der Waals surface area (Å²) in [5, 5.41) is 5.33. The van der Waals surface area contributed by atoms with Crippen LogP contribution in [0.1, 0.15) is 16.1 Å². The summed E-state index contributed by atoms with van der Waals surface area (Å²) in [6, 6.07) is 14.5. The van der Waals surface area contributed by atoms with E-state index in [1.54, 1.807) is 30.3 Å². The average Bonchev–Trinajstić information content (AvgIpc) is 3.18. The Morgan fingerprint density at radius 2 is 1.81 bits per heavy atom. The van der Waals surface area contributed by atoms with Gasteiger partial charge in [-0.1, -0.05) is 59.6 Å². The number of carbonyl (C=O) groups is 1. The number of aromatic nitrogens is 3. The third kappa shape index (κ3) is 2.94. The highest BCUT2D eigenvalue weighted by molar-refractivity contribution is 6.33. The fourth-order valence-electron chi connectivity index (χ4n) is 2.54. The van der Waals surface area contributed by atoms with Crippen LogP contribution in [-0.2, 0) is 6.61 Å². The van der Waals surface area contributed by atoms with Crippen molar-refractivity contribution < 1.29 is 13.9 Å². The van der Waals surface area contributed by atoms with Crippen LogP contribution in [0.25, 0.3) is 17.1 Å². The van der Waals surface area contributed by atoms with Crippen LogP contribution in [0.5, 0.6) is 6.01 Å². The number of nitrogens with zero attached hydrogens (tertiary/aromatic N) is 3. The Balaban J connectivity index is 1.71. The number of benzene rings is 2. The molecule has 0 aliphatic rings. The largest absolute Gasteiger partial charge is 0.457 e. The molecule has 26 heavy (non-hydrogen) atoms. The van der Waals surface area contributed by atoms with Gasteiger partial charge in [0.15, 0.2) is 12.0 Å². The molecule has 8 heteroatoms. The molecule has 0 atom stereocenters. The van der Waals surface area contributed by atoms with Crippen LogP contribution in [0.15, 0.2) is 52.9 Å². The number of hydrogen-bond acceptors (Lipinski definition) is 5. The minimum Gasteiger partial charge on any atom is -0.457 e. The third-order valence-electron chi connectivity index (χ3n) is 3.76. The van der Waals surface area contributed by atoms with Gasteiger partial charge >= 0.3 is 11.9 Å². The van der Waals surface area contributed by atoms with E-state index in [0.29, 0.717) is 27.6 Å². The van der Waals surface area contributed by atoms with Crippen LogP contribution in [0.2, 0.25) is 10.0 Å². The second kappa shape index (κ2) is 6.82. The Bertz CT molecular complexity index is 1100. The van der Waals surface area contributed by atoms with E-state index in [0.717, 1.165) is 5.56 Å². The summed E-state index contributed by atoms with van der Waals surface area (Å²) in [5.74, 6) is 0.224. The number of fused-ring (bicyclic) bond motifs is 1. The molecule has 6 nitrogen and oxygen atoms in total. The van der Waals surface area contributed by atoms with Gasteiger partial charge in [0.25, 0.3) is 0 Å². The molecule has 0 spiro atoms. The Morgan fingerprint density at radius 3 is 2.54 bits per heavy atom. The van der Waals surface area contributed by atoms with Crippen molar-refractivity contribution in [2.75, 3.05) is 0 Å². The summed E-state index contributed by atoms with van der Waals surface area (Å²) in [6.45, 7) is 0.203. The number of hydrogen-bond donors (Lipinski definition) is 0. The van der Waals surface area contributed by atoms with Gasteiger partial charge in [-0.2, -0.15) is 4.52 Å². The summed E-state index contributed by atoms with van der Waals surface area (Å²) in [7, 11) is 0. The number of aldehydes is 1. The molecule has 0 bridgehead atoms. The SMILES string of the molecule is O=Cc1oc2nc(OCc3ccccc3Cl)nn2c1-c1ccccc1Cl. The van der Waals surface area contributed by atoms with Crippen molar-refractivity contribution in [3.8, 4) is 17.3 Å². The molecule has 0 amide bonds. The van der Waals surface area contributed by atoms with Crippen molar-refractivity contribution in [3.05, 3.63) is 69.9 Å². The first kappa shape index (κ1) is 16.6. The van der Waals surface area contributed by atoms with Crippen molar-refractivity contribution >= 4 is 35.3 Å². The highest BCUT2D eigenvalue weighted by atomic mass is 35.5. The molecular formula is C18H11Cl2N3O3. The molecule has 4 rings (SSSR count). The molecule has 0 saturated carbocycles. The fourth-order valence-corrected chi connectivity index (χ4v) is 2.96. The second-order valence-electron chi connectivity index (χ2n) is 5.38. The van der Waals surface area contributed by atoms with Crippen LogP contribution >= 0.6 is 23.2 Å². The molecule has 4 aromatic rings. The van der Waals surface area contributed by atoms with Gasteiger partial charge in [-0.3, -0.25) is 4.79 Å². The van der Waals surface area contributed by atoms with Crippen LogP contribution < -0.4 is 4.74 Å². The average molecular weight is 388 g/mol. The maximum absolute atomic E-state index is 11.4. The maximum atomic E-state index is 11.4. The van der Waals surface area contributed by atoms with Crippen LogP contribution in [0.3, 0.4) is 0 Å². The molecule has 0 N–H and O–H groups in total. The quantitative estimate of drug-likeness (QED) is 0.464. The second-order valence-corrected chi connectivity index (χ2v) is 6.20. The van der Waals surface area contributed by atoms with Gasteiger partial charge in [0.1, 0.15) is 12.3 Å². The first-order chi connectivity index (χ1) is 12.7. The van der Waals surface area contributed by atoms with E-state index in [-0.39, 0.29) is 24.2 Å². The Labute approximate surface area is 157 Å². The first-order valence-electron chi connectivity index (χ1n) is 7.63. The summed E-state index contributed by atoms with van der Waals surface area (Å²) >= 11 is 12.4. The number of carbonyl (C=O) groups excluding carboxylic acids is 1. The first-order valence-corrected chi connectivity index (χ1v) is 8.39. The molecule has 0 unspecified atom stereocenters. The van der Waals surface area contributed by atoms with Crippen molar-refractivity contribution in [1.29, 1.82) is 0 Å². The van der Waals surface area contributed by atoms with Gasteiger partial charge in [-0.15, -0.1) is 10.1 Å². The van der Waals surface area contributed by atoms with Crippen molar-refractivity contribution in [2.24, 2.45) is 0 Å². The molecule has 2 aromatic heterocycles. The lowest BCUT2D eigenvalue weighted by molar-refractivity contribution is 0.110. The van der Waals surface area contributed by atoms with Crippen molar-refractivity contribution in [3.63, 3.8) is 0 Å². The fraction of sp³-hybridized carbons (Fsp3) is 0.0556. The van der Waals surface area contributed by atoms with E-state index >= 15 is 0 Å². The van der Waals surface area contributed by atoms with E-state index < -0.39 is 0 Å². The number of oxazole rings is 1. The third-order valence-corrected chi connectivity index (χ3v) is 4.45. The summed E-state index contributed by atoms with van der Waals surface area (Å²) in [6.07, 6.45) is 0.597. The molecule has 0 saturated heterocycles. The normalized spacial score (nSPS) is 11.0. The molecule has 0 aliphatic carbocycles. The van der Waals surface area contributed by atoms with E-state index in [2.05, 4.69) is 10.1 Å². The van der Waals surface area contributed by atoms with Crippen molar-refractivity contribution in [1.82, 2.24) is 14.6 Å². The van der Waals surface area contributed by atoms with Gasteiger partial charge in [0, 0.05) is 16.1 Å². The minimum absolute atomic E-state index is 0.0887. The molecule has 0 aliphatic heterocycles. The standard InChI is InChI=1S/C18H11Cl2N3O3/c19-13-7-3-1-5-11(13)10-25-17-21-18-23(22-17)16(15(9-24)26-18)12-6-2-4-8-14(12)20/h1-9H,10H2. The number of rotatable bonds is 5. The highest BCUT2D eigenvalue weighted by Gasteiger charge is 2.21. The van der Waals surface area contributed by atoms with Gasteiger partial charge in [-0.05, 0) is 12.1 Å². The zero-order valence-electron chi connectivity index (χ0n) is 13.2. The molecule has 0 fully saturated rings. The van der Waals surface area contributed by atoms with E-state index in [1.165, 1.54) is 4.52 Å². The van der Waals surface area contributed by atoms with Gasteiger partial charge in [0.2, 0.25) is 0 Å². The summed E-state index contributed by atoms with van der Waals surface area (Å²) in [5.41, 5.74) is 1.83. The van der Waals surface area contributed by atoms with Crippen LogP contribution in [-0.4, -0.2) is 20.9 Å². The van der Waals surface area contributed by atoms with Crippen molar-refractivity contribution in [2.45, 2.75) is 6.61 Å². The topological polar surface area (TPSA) is 69.6 Å². The molecular weight excluding hydrogens is 377 g/mol. The van der Waals surface area contributed by atoms with E-state index in [4.69, 9.17) is 32.4 Å². The van der Waals surface area contributed by atoms with E-state index in [9.17, 15) is 4.79 Å². The number of halogens is 2. The Hall–Kier alpha value is -2.83. The predicted molar refractivity (Wildman–Crippen MR) is 96.9 cm³/mol. The molecule has 0 radical (unpaired) electrons. The number of ether oxygens (including phenoxy) is 1. The van der Waals surface area contributed by atoms with Crippen LogP contribution in [0.4, 0.5) is 0 Å². The molecule has 130 valence electrons. The zero-order valence-corrected chi connectivity index (χ0v) is 14.7. The van der Waals surface area contributed by atoms with Crippen LogP contribution in [0, 0.1) is 0 Å². The van der Waals surface area contributed by atoms with Gasteiger partial charge in [0.05, 0.1) is 5.02 Å². The Kier molecular flexibility index (Phi) is 4.36. The predicted octanol–water partition coefficient (Wildman–Crippen LogP) is 4.69. The summed E-state index contributed by atoms with van der Waals surface area (Å²) in [4.78, 5) is 15.5. The Morgan fingerprint density at radius 1 is 1.08 bits per heavy atom. The minimum atomic E-state index is 0.0887. The van der Waals surface area contributed by atoms with E-state index in [1.807, 2.05) is 18.2 Å². The molecule has 2 heterocycles. The van der Waals surface area contributed by atoms with Gasteiger partial charge in [-0.25, -0.2) is 0 Å². The summed E-state index contributed by atoms with van der Waals surface area (Å²) < 4.78 is 12.5. The molecule has 2 aromatic carbocycles.